The first kappa shape index (κ1) is 18.0. The molecule has 27 heavy (non-hydrogen) atoms. The number of nitrogens with one attached hydrogen (secondary N) is 1. The summed E-state index contributed by atoms with van der Waals surface area (Å²) in [5.41, 5.74) is 0.985. The molecule has 0 unspecified atom stereocenters. The summed E-state index contributed by atoms with van der Waals surface area (Å²) in [5, 5.41) is 12.8. The first-order valence-electron chi connectivity index (χ1n) is 8.05. The van der Waals surface area contributed by atoms with Gasteiger partial charge in [-0.25, -0.2) is 9.97 Å². The van der Waals surface area contributed by atoms with Crippen LogP contribution in [0.3, 0.4) is 0 Å². The van der Waals surface area contributed by atoms with E-state index in [1.54, 1.807) is 7.05 Å². The molecule has 3 rings (SSSR count). The Labute approximate surface area is 154 Å². The average molecular weight is 364 g/mol. The third-order valence-corrected chi connectivity index (χ3v) is 3.89. The van der Waals surface area contributed by atoms with Crippen molar-refractivity contribution in [1.29, 1.82) is 0 Å². The molecule has 0 aliphatic carbocycles. The molecule has 0 aliphatic rings. The molecule has 0 saturated heterocycles. The molecule has 0 aliphatic heterocycles. The summed E-state index contributed by atoms with van der Waals surface area (Å²) in [5.74, 6) is -2.37. The van der Waals surface area contributed by atoms with E-state index in [2.05, 4.69) is 15.3 Å². The predicted molar refractivity (Wildman–Crippen MR) is 99.6 cm³/mol. The van der Waals surface area contributed by atoms with Gasteiger partial charge in [-0.3, -0.25) is 19.7 Å². The summed E-state index contributed by atoms with van der Waals surface area (Å²) in [6.45, 7) is 0. The molecule has 0 radical (unpaired) electrons. The molecule has 0 spiro atoms. The van der Waals surface area contributed by atoms with Crippen molar-refractivity contribution in [2.75, 3.05) is 17.3 Å². The van der Waals surface area contributed by atoms with Crippen LogP contribution in [0.4, 0.5) is 11.6 Å². The van der Waals surface area contributed by atoms with E-state index in [-0.39, 0.29) is 17.4 Å². The SMILES string of the molecule is CN(C(=O)c1cnc(NC(=O)CC(=O)O)nc1)c1cccc2ccccc12. The maximum absolute atomic E-state index is 12.7. The standard InChI is InChI=1S/C19H16N4O4/c1-23(15-8-4-6-12-5-2-3-7-14(12)15)18(27)13-10-20-19(21-11-13)22-16(24)9-17(25)26/h2-8,10-11H,9H2,1H3,(H,25,26)(H,20,21,22,24). The van der Waals surface area contributed by atoms with Crippen LogP contribution < -0.4 is 10.2 Å². The first-order chi connectivity index (χ1) is 13.0. The van der Waals surface area contributed by atoms with Crippen LogP contribution in [0, 0.1) is 0 Å². The number of hydrogen-bond acceptors (Lipinski definition) is 5. The molecule has 8 heteroatoms. The number of fused-ring (bicyclic) bond motifs is 1. The number of anilines is 2. The molecule has 0 bridgehead atoms. The van der Waals surface area contributed by atoms with Crippen molar-refractivity contribution in [3.8, 4) is 0 Å². The van der Waals surface area contributed by atoms with Crippen LogP contribution in [0.2, 0.25) is 0 Å². The van der Waals surface area contributed by atoms with Crippen molar-refractivity contribution in [1.82, 2.24) is 9.97 Å². The van der Waals surface area contributed by atoms with Crippen LogP contribution in [0.15, 0.2) is 54.9 Å². The van der Waals surface area contributed by atoms with E-state index in [1.807, 2.05) is 42.5 Å². The number of aliphatic carboxylic acids is 1. The van der Waals surface area contributed by atoms with Crippen molar-refractivity contribution in [2.45, 2.75) is 6.42 Å². The van der Waals surface area contributed by atoms with Gasteiger partial charge in [-0.05, 0) is 11.5 Å². The average Bonchev–Trinajstić information content (AvgIpc) is 2.66. The molecule has 1 aromatic heterocycles. The zero-order chi connectivity index (χ0) is 19.4. The minimum atomic E-state index is -1.25. The lowest BCUT2D eigenvalue weighted by atomic mass is 10.1. The summed E-state index contributed by atoms with van der Waals surface area (Å²) in [6.07, 6.45) is 1.88. The smallest absolute Gasteiger partial charge is 0.312 e. The third kappa shape index (κ3) is 4.06. The molecule has 1 heterocycles. The summed E-state index contributed by atoms with van der Waals surface area (Å²) in [4.78, 5) is 44.0. The highest BCUT2D eigenvalue weighted by atomic mass is 16.4. The van der Waals surface area contributed by atoms with Crippen LogP contribution >= 0.6 is 0 Å². The Morgan fingerprint density at radius 2 is 1.70 bits per heavy atom. The van der Waals surface area contributed by atoms with Gasteiger partial charge in [0, 0.05) is 24.8 Å². The summed E-state index contributed by atoms with van der Waals surface area (Å²) >= 11 is 0. The summed E-state index contributed by atoms with van der Waals surface area (Å²) < 4.78 is 0. The van der Waals surface area contributed by atoms with Gasteiger partial charge in [-0.1, -0.05) is 36.4 Å². The zero-order valence-electron chi connectivity index (χ0n) is 14.4. The predicted octanol–water partition coefficient (Wildman–Crippen LogP) is 2.32. The Morgan fingerprint density at radius 1 is 1.04 bits per heavy atom. The van der Waals surface area contributed by atoms with Crippen molar-refractivity contribution in [3.63, 3.8) is 0 Å². The Balaban J connectivity index is 1.79. The Bertz CT molecular complexity index is 1010. The van der Waals surface area contributed by atoms with E-state index in [4.69, 9.17) is 5.11 Å². The van der Waals surface area contributed by atoms with Gasteiger partial charge in [-0.2, -0.15) is 0 Å². The molecule has 8 nitrogen and oxygen atoms in total. The van der Waals surface area contributed by atoms with Gasteiger partial charge in [0.2, 0.25) is 11.9 Å². The number of nitrogens with zero attached hydrogens (tertiary/aromatic N) is 3. The van der Waals surface area contributed by atoms with Crippen molar-refractivity contribution < 1.29 is 19.5 Å². The van der Waals surface area contributed by atoms with Gasteiger partial charge in [0.05, 0.1) is 11.3 Å². The molecule has 2 N–H and O–H groups in total. The fraction of sp³-hybridized carbons (Fsp3) is 0.105. The largest absolute Gasteiger partial charge is 0.481 e. The molecule has 3 aromatic rings. The lowest BCUT2D eigenvalue weighted by Crippen LogP contribution is -2.27. The second-order valence-corrected chi connectivity index (χ2v) is 5.78. The van der Waals surface area contributed by atoms with Crippen LogP contribution in [0.5, 0.6) is 0 Å². The highest BCUT2D eigenvalue weighted by Crippen LogP contribution is 2.26. The fourth-order valence-electron chi connectivity index (χ4n) is 2.61. The number of rotatable bonds is 5. The molecular weight excluding hydrogens is 348 g/mol. The number of carbonyl (C=O) groups is 3. The highest BCUT2D eigenvalue weighted by molar-refractivity contribution is 6.10. The number of carboxylic acids is 1. The van der Waals surface area contributed by atoms with E-state index in [0.29, 0.717) is 0 Å². The zero-order valence-corrected chi connectivity index (χ0v) is 14.4. The minimum Gasteiger partial charge on any atom is -0.481 e. The molecular formula is C19H16N4O4. The second-order valence-electron chi connectivity index (χ2n) is 5.78. The first-order valence-corrected chi connectivity index (χ1v) is 8.05. The lowest BCUT2D eigenvalue weighted by Gasteiger charge is -2.19. The van der Waals surface area contributed by atoms with E-state index >= 15 is 0 Å². The summed E-state index contributed by atoms with van der Waals surface area (Å²) in [7, 11) is 1.66. The third-order valence-electron chi connectivity index (χ3n) is 3.89. The van der Waals surface area contributed by atoms with Crippen molar-refractivity contribution >= 4 is 40.2 Å². The van der Waals surface area contributed by atoms with E-state index < -0.39 is 18.3 Å². The Hall–Kier alpha value is -3.81. The van der Waals surface area contributed by atoms with E-state index in [9.17, 15) is 14.4 Å². The number of carbonyl (C=O) groups excluding carboxylic acids is 2. The molecule has 2 amide bonds. The number of carboxylic acid groups (broad SMARTS) is 1. The number of hydrogen-bond donors (Lipinski definition) is 2. The van der Waals surface area contributed by atoms with Crippen LogP contribution in [-0.4, -0.2) is 39.9 Å². The highest BCUT2D eigenvalue weighted by Gasteiger charge is 2.17. The van der Waals surface area contributed by atoms with E-state index in [1.165, 1.54) is 17.3 Å². The fourth-order valence-corrected chi connectivity index (χ4v) is 2.61. The van der Waals surface area contributed by atoms with Gasteiger partial charge in [-0.15, -0.1) is 0 Å². The van der Waals surface area contributed by atoms with Gasteiger partial charge in [0.25, 0.3) is 5.91 Å². The number of benzene rings is 2. The molecule has 136 valence electrons. The molecule has 2 aromatic carbocycles. The van der Waals surface area contributed by atoms with Gasteiger partial charge < -0.3 is 10.0 Å². The Morgan fingerprint density at radius 3 is 2.41 bits per heavy atom. The van der Waals surface area contributed by atoms with Crippen LogP contribution in [-0.2, 0) is 9.59 Å². The monoisotopic (exact) mass is 364 g/mol. The van der Waals surface area contributed by atoms with Crippen LogP contribution in [0.1, 0.15) is 16.8 Å². The van der Waals surface area contributed by atoms with E-state index in [0.717, 1.165) is 16.5 Å². The maximum Gasteiger partial charge on any atom is 0.312 e. The van der Waals surface area contributed by atoms with Crippen LogP contribution in [0.25, 0.3) is 10.8 Å². The quantitative estimate of drug-likeness (QED) is 0.672. The normalized spacial score (nSPS) is 10.4. The lowest BCUT2D eigenvalue weighted by molar-refractivity contribution is -0.139. The Kier molecular flexibility index (Phi) is 5.07. The topological polar surface area (TPSA) is 112 Å². The second kappa shape index (κ2) is 7.61. The summed E-state index contributed by atoms with van der Waals surface area (Å²) in [6, 6.07) is 13.4. The number of aromatic nitrogens is 2. The molecule has 0 atom stereocenters. The van der Waals surface area contributed by atoms with Gasteiger partial charge in [0.15, 0.2) is 0 Å². The van der Waals surface area contributed by atoms with Crippen molar-refractivity contribution in [3.05, 3.63) is 60.4 Å². The van der Waals surface area contributed by atoms with Gasteiger partial charge in [0.1, 0.15) is 6.42 Å². The van der Waals surface area contributed by atoms with Crippen molar-refractivity contribution in [2.24, 2.45) is 0 Å². The number of amides is 2. The molecule has 0 saturated carbocycles. The minimum absolute atomic E-state index is 0.0642. The van der Waals surface area contributed by atoms with Gasteiger partial charge >= 0.3 is 5.97 Å². The maximum atomic E-state index is 12.7. The molecule has 0 fully saturated rings.